The highest BCUT2D eigenvalue weighted by Gasteiger charge is 2.15. The average molecular weight is 315 g/mol. The van der Waals surface area contributed by atoms with E-state index < -0.39 is 5.97 Å². The quantitative estimate of drug-likeness (QED) is 0.829. The van der Waals surface area contributed by atoms with Gasteiger partial charge in [-0.3, -0.25) is 4.79 Å². The second-order valence-electron chi connectivity index (χ2n) is 4.56. The smallest absolute Gasteiger partial charge is 0.341 e. The lowest BCUT2D eigenvalue weighted by Gasteiger charge is -2.12. The van der Waals surface area contributed by atoms with E-state index in [9.17, 15) is 9.59 Å². The summed E-state index contributed by atoms with van der Waals surface area (Å²) in [5.41, 5.74) is 0.890. The largest absolute Gasteiger partial charge is 0.497 e. The fourth-order valence-corrected chi connectivity index (χ4v) is 1.89. The second-order valence-corrected chi connectivity index (χ2v) is 4.56. The Morgan fingerprint density at radius 3 is 2.43 bits per heavy atom. The molecule has 0 unspecified atom stereocenters. The van der Waals surface area contributed by atoms with E-state index in [0.717, 1.165) is 0 Å². The van der Waals surface area contributed by atoms with Gasteiger partial charge in [-0.1, -0.05) is 18.2 Å². The van der Waals surface area contributed by atoms with Gasteiger partial charge in [-0.25, -0.2) is 4.79 Å². The minimum Gasteiger partial charge on any atom is -0.497 e. The van der Waals surface area contributed by atoms with Crippen LogP contribution in [0.1, 0.15) is 10.4 Å². The fraction of sp³-hybridized carbons (Fsp3) is 0.176. The molecule has 6 heteroatoms. The number of carbonyl (C=O) groups excluding carboxylic acids is 2. The number of para-hydroxylation sites is 1. The lowest BCUT2D eigenvalue weighted by atomic mass is 10.2. The summed E-state index contributed by atoms with van der Waals surface area (Å²) in [5, 5.41) is 2.69. The van der Waals surface area contributed by atoms with E-state index in [1.165, 1.54) is 26.4 Å². The van der Waals surface area contributed by atoms with Crippen molar-refractivity contribution in [3.05, 3.63) is 54.1 Å². The van der Waals surface area contributed by atoms with E-state index in [1.54, 1.807) is 18.2 Å². The van der Waals surface area contributed by atoms with Crippen molar-refractivity contribution < 1.29 is 23.8 Å². The summed E-state index contributed by atoms with van der Waals surface area (Å²) in [7, 11) is 2.78. The third kappa shape index (κ3) is 4.47. The maximum absolute atomic E-state index is 11.9. The summed E-state index contributed by atoms with van der Waals surface area (Å²) < 4.78 is 15.2. The van der Waals surface area contributed by atoms with Gasteiger partial charge in [0, 0.05) is 11.8 Å². The minimum absolute atomic E-state index is 0.222. The molecule has 6 nitrogen and oxygen atoms in total. The van der Waals surface area contributed by atoms with Crippen molar-refractivity contribution in [2.75, 3.05) is 26.1 Å². The molecule has 2 rings (SSSR count). The van der Waals surface area contributed by atoms with Gasteiger partial charge in [0.1, 0.15) is 17.1 Å². The zero-order valence-corrected chi connectivity index (χ0v) is 12.9. The number of nitrogens with one attached hydrogen (secondary N) is 1. The summed E-state index contributed by atoms with van der Waals surface area (Å²) in [5.74, 6) is -0.156. The molecule has 0 aromatic heterocycles. The summed E-state index contributed by atoms with van der Waals surface area (Å²) in [6.45, 7) is -0.244. The first-order valence-corrected chi connectivity index (χ1v) is 6.88. The molecule has 0 aliphatic rings. The number of hydrogen-bond acceptors (Lipinski definition) is 5. The lowest BCUT2D eigenvalue weighted by Crippen LogP contribution is -2.21. The molecule has 0 saturated carbocycles. The summed E-state index contributed by atoms with van der Waals surface area (Å²) >= 11 is 0. The Hall–Kier alpha value is -3.02. The van der Waals surface area contributed by atoms with Gasteiger partial charge in [-0.05, 0) is 24.3 Å². The van der Waals surface area contributed by atoms with Crippen LogP contribution in [-0.4, -0.2) is 32.7 Å². The molecule has 0 radical (unpaired) electrons. The van der Waals surface area contributed by atoms with E-state index in [1.807, 2.05) is 18.2 Å². The predicted octanol–water partition coefficient (Wildman–Crippen LogP) is 2.50. The number of carbonyl (C=O) groups is 2. The van der Waals surface area contributed by atoms with Crippen LogP contribution in [0.25, 0.3) is 0 Å². The molecule has 2 aromatic rings. The van der Waals surface area contributed by atoms with Gasteiger partial charge in [0.15, 0.2) is 6.61 Å². The molecule has 120 valence electrons. The van der Waals surface area contributed by atoms with Gasteiger partial charge in [0.2, 0.25) is 0 Å². The molecule has 0 heterocycles. The van der Waals surface area contributed by atoms with Crippen molar-refractivity contribution in [2.24, 2.45) is 0 Å². The molecule has 0 spiro atoms. The Balaban J connectivity index is 2.06. The van der Waals surface area contributed by atoms with Crippen LogP contribution < -0.4 is 14.8 Å². The van der Waals surface area contributed by atoms with Crippen LogP contribution in [0.15, 0.2) is 48.5 Å². The predicted molar refractivity (Wildman–Crippen MR) is 84.9 cm³/mol. The Labute approximate surface area is 134 Å². The molecule has 0 saturated heterocycles. The van der Waals surface area contributed by atoms with Crippen LogP contribution in [0.5, 0.6) is 11.5 Å². The topological polar surface area (TPSA) is 73.9 Å². The lowest BCUT2D eigenvalue weighted by molar-refractivity contribution is -0.118. The third-order valence-corrected chi connectivity index (χ3v) is 3.01. The highest BCUT2D eigenvalue weighted by Crippen LogP contribution is 2.25. The number of anilines is 1. The molecule has 2 aromatic carbocycles. The zero-order chi connectivity index (χ0) is 16.7. The van der Waals surface area contributed by atoms with Gasteiger partial charge in [0.05, 0.1) is 14.2 Å². The standard InChI is InChI=1S/C17H17NO5/c1-21-13-8-9-14(17(20)22-2)15(10-13)23-11-16(19)18-12-6-4-3-5-7-12/h3-10H,11H2,1-2H3,(H,18,19). The van der Waals surface area contributed by atoms with Crippen LogP contribution in [0.3, 0.4) is 0 Å². The SMILES string of the molecule is COC(=O)c1ccc(OC)cc1OCC(=O)Nc1ccccc1. The number of ether oxygens (including phenoxy) is 3. The summed E-state index contributed by atoms with van der Waals surface area (Å²) in [4.78, 5) is 23.6. The van der Waals surface area contributed by atoms with Crippen molar-refractivity contribution in [2.45, 2.75) is 0 Å². The molecule has 1 N–H and O–H groups in total. The normalized spacial score (nSPS) is 9.83. The van der Waals surface area contributed by atoms with Crippen molar-refractivity contribution >= 4 is 17.6 Å². The van der Waals surface area contributed by atoms with Gasteiger partial charge < -0.3 is 19.5 Å². The maximum Gasteiger partial charge on any atom is 0.341 e. The Morgan fingerprint density at radius 1 is 1.04 bits per heavy atom. The molecular formula is C17H17NO5. The Bertz CT molecular complexity index is 685. The van der Waals surface area contributed by atoms with Crippen molar-refractivity contribution in [1.82, 2.24) is 0 Å². The van der Waals surface area contributed by atoms with E-state index in [-0.39, 0.29) is 23.8 Å². The first-order valence-electron chi connectivity index (χ1n) is 6.88. The number of rotatable bonds is 6. The number of methoxy groups -OCH3 is 2. The van der Waals surface area contributed by atoms with Gasteiger partial charge in [-0.15, -0.1) is 0 Å². The van der Waals surface area contributed by atoms with Crippen LogP contribution >= 0.6 is 0 Å². The van der Waals surface area contributed by atoms with Crippen molar-refractivity contribution in [1.29, 1.82) is 0 Å². The molecule has 0 aliphatic carbocycles. The number of esters is 1. The fourth-order valence-electron chi connectivity index (χ4n) is 1.89. The Kier molecular flexibility index (Phi) is 5.57. The first-order chi connectivity index (χ1) is 11.1. The average Bonchev–Trinajstić information content (AvgIpc) is 2.60. The molecule has 0 fully saturated rings. The van der Waals surface area contributed by atoms with Gasteiger partial charge in [-0.2, -0.15) is 0 Å². The van der Waals surface area contributed by atoms with Crippen LogP contribution in [0.4, 0.5) is 5.69 Å². The van der Waals surface area contributed by atoms with E-state index in [0.29, 0.717) is 11.4 Å². The van der Waals surface area contributed by atoms with Crippen molar-refractivity contribution in [3.8, 4) is 11.5 Å². The van der Waals surface area contributed by atoms with E-state index in [2.05, 4.69) is 5.32 Å². The molecule has 0 aliphatic heterocycles. The monoisotopic (exact) mass is 315 g/mol. The van der Waals surface area contributed by atoms with E-state index >= 15 is 0 Å². The number of hydrogen-bond donors (Lipinski definition) is 1. The molecular weight excluding hydrogens is 298 g/mol. The second kappa shape index (κ2) is 7.84. The third-order valence-electron chi connectivity index (χ3n) is 3.01. The number of amides is 1. The van der Waals surface area contributed by atoms with Crippen LogP contribution in [0.2, 0.25) is 0 Å². The van der Waals surface area contributed by atoms with E-state index in [4.69, 9.17) is 14.2 Å². The number of benzene rings is 2. The first kappa shape index (κ1) is 16.4. The summed E-state index contributed by atoms with van der Waals surface area (Å²) in [6.07, 6.45) is 0. The highest BCUT2D eigenvalue weighted by molar-refractivity contribution is 5.94. The van der Waals surface area contributed by atoms with Crippen molar-refractivity contribution in [3.63, 3.8) is 0 Å². The maximum atomic E-state index is 11.9. The Morgan fingerprint density at radius 2 is 1.78 bits per heavy atom. The summed E-state index contributed by atoms with van der Waals surface area (Å²) in [6, 6.07) is 13.7. The van der Waals surface area contributed by atoms with Crippen LogP contribution in [0, 0.1) is 0 Å². The van der Waals surface area contributed by atoms with Gasteiger partial charge >= 0.3 is 5.97 Å². The van der Waals surface area contributed by atoms with Crippen LogP contribution in [-0.2, 0) is 9.53 Å². The molecule has 0 atom stereocenters. The van der Waals surface area contributed by atoms with Gasteiger partial charge in [0.25, 0.3) is 5.91 Å². The minimum atomic E-state index is -0.550. The molecule has 0 bridgehead atoms. The molecule has 1 amide bonds. The highest BCUT2D eigenvalue weighted by atomic mass is 16.5. The zero-order valence-electron chi connectivity index (χ0n) is 12.9. The molecule has 23 heavy (non-hydrogen) atoms.